The Hall–Kier alpha value is -0.610. The molecule has 1 heterocycles. The maximum atomic E-state index is 11.6. The van der Waals surface area contributed by atoms with Crippen molar-refractivity contribution in [2.75, 3.05) is 19.8 Å². The third-order valence-electron chi connectivity index (χ3n) is 3.34. The first-order chi connectivity index (χ1) is 7.75. The molecule has 1 aliphatic heterocycles. The van der Waals surface area contributed by atoms with Crippen LogP contribution in [0.1, 0.15) is 32.6 Å². The molecule has 0 aromatic rings. The Morgan fingerprint density at radius 1 is 1.44 bits per heavy atom. The maximum Gasteiger partial charge on any atom is 0.237 e. The van der Waals surface area contributed by atoms with Gasteiger partial charge in [0.05, 0.1) is 6.04 Å². The third-order valence-corrected chi connectivity index (χ3v) is 3.34. The minimum absolute atomic E-state index is 0.0667. The predicted molar refractivity (Wildman–Crippen MR) is 62.2 cm³/mol. The molecule has 0 radical (unpaired) electrons. The predicted octanol–water partition coefficient (Wildman–Crippen LogP) is 0.670. The van der Waals surface area contributed by atoms with Crippen LogP contribution in [-0.2, 0) is 9.53 Å². The quantitative estimate of drug-likeness (QED) is 0.700. The van der Waals surface area contributed by atoms with Crippen LogP contribution in [0.15, 0.2) is 0 Å². The number of hydrogen-bond acceptors (Lipinski definition) is 3. The Morgan fingerprint density at radius 3 is 2.88 bits per heavy atom. The number of amides is 1. The number of hydrogen-bond donors (Lipinski definition) is 2. The van der Waals surface area contributed by atoms with Crippen LogP contribution in [0.2, 0.25) is 0 Å². The highest BCUT2D eigenvalue weighted by atomic mass is 16.5. The van der Waals surface area contributed by atoms with Crippen molar-refractivity contribution in [2.45, 2.75) is 44.7 Å². The number of carbonyl (C=O) groups excluding carboxylic acids is 1. The van der Waals surface area contributed by atoms with Gasteiger partial charge in [-0.1, -0.05) is 0 Å². The summed E-state index contributed by atoms with van der Waals surface area (Å²) in [5.74, 6) is 0.830. The summed E-state index contributed by atoms with van der Waals surface area (Å²) < 4.78 is 5.32. The van der Waals surface area contributed by atoms with Gasteiger partial charge < -0.3 is 15.4 Å². The highest BCUT2D eigenvalue weighted by molar-refractivity contribution is 5.81. The zero-order valence-electron chi connectivity index (χ0n) is 10.00. The van der Waals surface area contributed by atoms with E-state index in [0.717, 1.165) is 39.0 Å². The van der Waals surface area contributed by atoms with Gasteiger partial charge in [0.15, 0.2) is 0 Å². The summed E-state index contributed by atoms with van der Waals surface area (Å²) in [6, 6.07) is 0.392. The fraction of sp³-hybridized carbons (Fsp3) is 0.917. The lowest BCUT2D eigenvalue weighted by molar-refractivity contribution is -0.122. The van der Waals surface area contributed by atoms with Crippen LogP contribution in [0.4, 0.5) is 0 Å². The van der Waals surface area contributed by atoms with Gasteiger partial charge in [0, 0.05) is 19.3 Å². The highest BCUT2D eigenvalue weighted by Crippen LogP contribution is 2.18. The van der Waals surface area contributed by atoms with Crippen molar-refractivity contribution >= 4 is 5.91 Å². The maximum absolute atomic E-state index is 11.6. The van der Waals surface area contributed by atoms with E-state index in [-0.39, 0.29) is 11.9 Å². The first-order valence-electron chi connectivity index (χ1n) is 6.37. The van der Waals surface area contributed by atoms with Crippen LogP contribution in [0.5, 0.6) is 0 Å². The van der Waals surface area contributed by atoms with Gasteiger partial charge in [-0.3, -0.25) is 4.79 Å². The lowest BCUT2D eigenvalue weighted by Gasteiger charge is -2.15. The van der Waals surface area contributed by atoms with Crippen LogP contribution < -0.4 is 10.6 Å². The second-order valence-corrected chi connectivity index (χ2v) is 4.98. The van der Waals surface area contributed by atoms with E-state index in [4.69, 9.17) is 4.74 Å². The fourth-order valence-corrected chi connectivity index (χ4v) is 1.96. The Morgan fingerprint density at radius 2 is 2.25 bits per heavy atom. The van der Waals surface area contributed by atoms with E-state index in [1.165, 1.54) is 6.42 Å². The number of ether oxygens (including phenoxy) is 1. The van der Waals surface area contributed by atoms with E-state index in [1.54, 1.807) is 0 Å². The molecule has 4 nitrogen and oxygen atoms in total. The lowest BCUT2D eigenvalue weighted by Crippen LogP contribution is -2.43. The van der Waals surface area contributed by atoms with Crippen molar-refractivity contribution in [1.29, 1.82) is 0 Å². The lowest BCUT2D eigenvalue weighted by atomic mass is 10.1. The molecule has 1 saturated carbocycles. The van der Waals surface area contributed by atoms with E-state index >= 15 is 0 Å². The molecule has 0 bridgehead atoms. The normalized spacial score (nSPS) is 26.7. The molecular formula is C12H22N2O2. The molecule has 0 aromatic heterocycles. The fourth-order valence-electron chi connectivity index (χ4n) is 1.96. The van der Waals surface area contributed by atoms with E-state index in [2.05, 4.69) is 10.6 Å². The van der Waals surface area contributed by atoms with Crippen molar-refractivity contribution in [3.8, 4) is 0 Å². The summed E-state index contributed by atoms with van der Waals surface area (Å²) in [4.78, 5) is 11.6. The Balaban J connectivity index is 1.55. The summed E-state index contributed by atoms with van der Waals surface area (Å²) in [6.45, 7) is 4.64. The SMILES string of the molecule is CC(NCCC1CCOC1)C(=O)NC1CC1. The van der Waals surface area contributed by atoms with Gasteiger partial charge in [-0.05, 0) is 45.1 Å². The van der Waals surface area contributed by atoms with Crippen molar-refractivity contribution in [2.24, 2.45) is 5.92 Å². The molecule has 2 aliphatic rings. The van der Waals surface area contributed by atoms with Crippen LogP contribution in [-0.4, -0.2) is 37.7 Å². The Bertz CT molecular complexity index is 235. The van der Waals surface area contributed by atoms with Crippen LogP contribution in [0.25, 0.3) is 0 Å². The van der Waals surface area contributed by atoms with Crippen molar-refractivity contribution in [3.05, 3.63) is 0 Å². The van der Waals surface area contributed by atoms with Gasteiger partial charge in [-0.15, -0.1) is 0 Å². The zero-order valence-corrected chi connectivity index (χ0v) is 10.00. The summed E-state index contributed by atoms with van der Waals surface area (Å²) in [6.07, 6.45) is 4.58. The Labute approximate surface area is 97.1 Å². The van der Waals surface area contributed by atoms with E-state index in [1.807, 2.05) is 6.92 Å². The Kier molecular flexibility index (Phi) is 4.18. The van der Waals surface area contributed by atoms with E-state index in [0.29, 0.717) is 12.0 Å². The monoisotopic (exact) mass is 226 g/mol. The molecule has 16 heavy (non-hydrogen) atoms. The highest BCUT2D eigenvalue weighted by Gasteiger charge is 2.25. The van der Waals surface area contributed by atoms with E-state index < -0.39 is 0 Å². The van der Waals surface area contributed by atoms with Gasteiger partial charge in [-0.25, -0.2) is 0 Å². The molecule has 1 aliphatic carbocycles. The minimum Gasteiger partial charge on any atom is -0.381 e. The average molecular weight is 226 g/mol. The first-order valence-corrected chi connectivity index (χ1v) is 6.37. The smallest absolute Gasteiger partial charge is 0.237 e. The standard InChI is InChI=1S/C12H22N2O2/c1-9(12(15)14-11-2-3-11)13-6-4-10-5-7-16-8-10/h9-11,13H,2-8H2,1H3,(H,14,15). The summed E-state index contributed by atoms with van der Waals surface area (Å²) in [5, 5.41) is 6.28. The number of nitrogens with one attached hydrogen (secondary N) is 2. The van der Waals surface area contributed by atoms with Crippen molar-refractivity contribution in [1.82, 2.24) is 10.6 Å². The zero-order chi connectivity index (χ0) is 11.4. The van der Waals surface area contributed by atoms with Gasteiger partial charge in [0.2, 0.25) is 5.91 Å². The van der Waals surface area contributed by atoms with Crippen molar-refractivity contribution < 1.29 is 9.53 Å². The molecule has 92 valence electrons. The average Bonchev–Trinajstić information content (AvgIpc) is 2.93. The van der Waals surface area contributed by atoms with E-state index in [9.17, 15) is 4.79 Å². The van der Waals surface area contributed by atoms with Crippen LogP contribution in [0, 0.1) is 5.92 Å². The summed E-state index contributed by atoms with van der Waals surface area (Å²) in [5.41, 5.74) is 0. The van der Waals surface area contributed by atoms with Gasteiger partial charge >= 0.3 is 0 Å². The molecule has 0 aromatic carbocycles. The largest absolute Gasteiger partial charge is 0.381 e. The van der Waals surface area contributed by atoms with Gasteiger partial charge in [-0.2, -0.15) is 0 Å². The topological polar surface area (TPSA) is 50.4 Å². The summed E-state index contributed by atoms with van der Waals surface area (Å²) in [7, 11) is 0. The molecule has 2 unspecified atom stereocenters. The number of rotatable bonds is 6. The molecule has 2 N–H and O–H groups in total. The third kappa shape index (κ3) is 3.76. The molecule has 2 atom stereocenters. The number of carbonyl (C=O) groups is 1. The van der Waals surface area contributed by atoms with Gasteiger partial charge in [0.25, 0.3) is 0 Å². The molecule has 4 heteroatoms. The van der Waals surface area contributed by atoms with Gasteiger partial charge in [0.1, 0.15) is 0 Å². The molecule has 1 amide bonds. The second-order valence-electron chi connectivity index (χ2n) is 4.98. The van der Waals surface area contributed by atoms with Crippen LogP contribution in [0.3, 0.4) is 0 Å². The molecular weight excluding hydrogens is 204 g/mol. The minimum atomic E-state index is -0.0667. The molecule has 0 spiro atoms. The van der Waals surface area contributed by atoms with Crippen molar-refractivity contribution in [3.63, 3.8) is 0 Å². The van der Waals surface area contributed by atoms with Crippen LogP contribution >= 0.6 is 0 Å². The summed E-state index contributed by atoms with van der Waals surface area (Å²) >= 11 is 0. The molecule has 2 fully saturated rings. The second kappa shape index (κ2) is 5.64. The molecule has 2 rings (SSSR count). The molecule has 1 saturated heterocycles. The first kappa shape index (κ1) is 11.9.